The van der Waals surface area contributed by atoms with Crippen LogP contribution >= 0.6 is 12.2 Å². The van der Waals surface area contributed by atoms with Gasteiger partial charge in [-0.05, 0) is 99.5 Å². The summed E-state index contributed by atoms with van der Waals surface area (Å²) in [6.07, 6.45) is 11.5. The van der Waals surface area contributed by atoms with Crippen molar-refractivity contribution in [3.8, 4) is 0 Å². The molecule has 0 atom stereocenters. The molecule has 2 amide bonds. The Labute approximate surface area is 190 Å². The van der Waals surface area contributed by atoms with Gasteiger partial charge in [0.25, 0.3) is 5.91 Å². The second-order valence-corrected chi connectivity index (χ2v) is 10.8. The molecule has 166 valence electrons. The fraction of sp³-hybridized carbons (Fsp3) is 0.640. The van der Waals surface area contributed by atoms with Gasteiger partial charge in [0.1, 0.15) is 0 Å². The van der Waals surface area contributed by atoms with Gasteiger partial charge in [-0.15, -0.1) is 0 Å². The van der Waals surface area contributed by atoms with Crippen molar-refractivity contribution >= 4 is 34.8 Å². The molecule has 1 saturated heterocycles. The molecule has 1 aromatic carbocycles. The Balaban J connectivity index is 1.21. The molecule has 0 unspecified atom stereocenters. The third kappa shape index (κ3) is 4.36. The van der Waals surface area contributed by atoms with Crippen molar-refractivity contribution in [3.63, 3.8) is 0 Å². The first-order valence-electron chi connectivity index (χ1n) is 12.0. The van der Waals surface area contributed by atoms with Gasteiger partial charge in [-0.2, -0.15) is 0 Å². The molecule has 6 rings (SSSR count). The summed E-state index contributed by atoms with van der Waals surface area (Å²) in [4.78, 5) is 28.1. The highest BCUT2D eigenvalue weighted by atomic mass is 32.1. The Bertz CT molecular complexity index is 840. The van der Waals surface area contributed by atoms with Crippen LogP contribution in [0.4, 0.5) is 5.69 Å². The molecule has 6 heteroatoms. The van der Waals surface area contributed by atoms with Crippen molar-refractivity contribution in [2.45, 2.75) is 64.2 Å². The minimum atomic E-state index is -0.217. The van der Waals surface area contributed by atoms with E-state index in [0.717, 1.165) is 68.6 Å². The van der Waals surface area contributed by atoms with Crippen LogP contribution in [-0.2, 0) is 4.79 Å². The van der Waals surface area contributed by atoms with Crippen LogP contribution < -0.4 is 10.6 Å². The van der Waals surface area contributed by atoms with Crippen LogP contribution in [0.3, 0.4) is 0 Å². The molecule has 1 aliphatic heterocycles. The maximum atomic E-state index is 13.2. The van der Waals surface area contributed by atoms with Crippen LogP contribution in [0.1, 0.15) is 74.6 Å². The molecule has 31 heavy (non-hydrogen) atoms. The van der Waals surface area contributed by atoms with Gasteiger partial charge in [0.15, 0.2) is 5.11 Å². The van der Waals surface area contributed by atoms with E-state index in [4.69, 9.17) is 12.2 Å². The van der Waals surface area contributed by atoms with Crippen molar-refractivity contribution in [3.05, 3.63) is 29.8 Å². The normalized spacial score (nSPS) is 31.7. The van der Waals surface area contributed by atoms with Gasteiger partial charge in [-0.3, -0.25) is 9.59 Å². The fourth-order valence-electron chi connectivity index (χ4n) is 6.97. The number of likely N-dealkylation sites (tertiary alicyclic amines) is 1. The summed E-state index contributed by atoms with van der Waals surface area (Å²) in [6.45, 7) is 1.66. The number of carbonyl (C=O) groups excluding carboxylic acids is 2. The van der Waals surface area contributed by atoms with Crippen molar-refractivity contribution < 1.29 is 9.59 Å². The maximum Gasteiger partial charge on any atom is 0.253 e. The van der Waals surface area contributed by atoms with Gasteiger partial charge in [0.05, 0.1) is 5.41 Å². The highest BCUT2D eigenvalue weighted by molar-refractivity contribution is 7.80. The van der Waals surface area contributed by atoms with Crippen LogP contribution in [0.15, 0.2) is 24.3 Å². The number of carbonyl (C=O) groups is 2. The lowest BCUT2D eigenvalue weighted by Crippen LogP contribution is -2.55. The van der Waals surface area contributed by atoms with Gasteiger partial charge in [-0.1, -0.05) is 18.9 Å². The van der Waals surface area contributed by atoms with E-state index >= 15 is 0 Å². The van der Waals surface area contributed by atoms with Gasteiger partial charge in [0, 0.05) is 24.3 Å². The fourth-order valence-corrected chi connectivity index (χ4v) is 7.18. The van der Waals surface area contributed by atoms with Crippen molar-refractivity contribution in [2.75, 3.05) is 18.4 Å². The monoisotopic (exact) mass is 439 g/mol. The Hall–Kier alpha value is -1.95. The SMILES string of the molecule is O=C(c1cccc(NC(=S)NC(=O)C23CC4CC(CC(C4)C2)C3)c1)N1CCCCCC1. The van der Waals surface area contributed by atoms with Gasteiger partial charge in [0.2, 0.25) is 5.91 Å². The zero-order valence-electron chi connectivity index (χ0n) is 18.2. The van der Waals surface area contributed by atoms with Crippen molar-refractivity contribution in [1.29, 1.82) is 0 Å². The lowest BCUT2D eigenvalue weighted by molar-refractivity contribution is -0.144. The molecule has 5 fully saturated rings. The smallest absolute Gasteiger partial charge is 0.253 e. The van der Waals surface area contributed by atoms with E-state index in [-0.39, 0.29) is 17.2 Å². The first-order chi connectivity index (χ1) is 15.0. The highest BCUT2D eigenvalue weighted by Crippen LogP contribution is 2.60. The number of amides is 2. The van der Waals surface area contributed by atoms with Crippen molar-refractivity contribution in [2.24, 2.45) is 23.2 Å². The minimum absolute atomic E-state index is 0.0778. The third-order valence-electron chi connectivity index (χ3n) is 8.01. The van der Waals surface area contributed by atoms with Gasteiger partial charge < -0.3 is 15.5 Å². The predicted molar refractivity (Wildman–Crippen MR) is 126 cm³/mol. The number of anilines is 1. The summed E-state index contributed by atoms with van der Waals surface area (Å²) >= 11 is 5.48. The first kappa shape index (κ1) is 20.9. The lowest BCUT2D eigenvalue weighted by Gasteiger charge is -2.55. The topological polar surface area (TPSA) is 61.4 Å². The molecule has 5 aliphatic rings. The van der Waals surface area contributed by atoms with Gasteiger partial charge in [-0.25, -0.2) is 0 Å². The zero-order valence-corrected chi connectivity index (χ0v) is 19.0. The lowest BCUT2D eigenvalue weighted by atomic mass is 9.49. The molecule has 5 nitrogen and oxygen atoms in total. The van der Waals surface area contributed by atoms with Crippen LogP contribution in [0.2, 0.25) is 0 Å². The summed E-state index contributed by atoms with van der Waals surface area (Å²) in [5.41, 5.74) is 1.20. The number of thiocarbonyl (C=S) groups is 1. The number of nitrogens with zero attached hydrogens (tertiary/aromatic N) is 1. The average molecular weight is 440 g/mol. The number of hydrogen-bond donors (Lipinski definition) is 2. The molecule has 1 heterocycles. The molecule has 0 aromatic heterocycles. The number of benzene rings is 1. The van der Waals surface area contributed by atoms with Crippen LogP contribution in [0.25, 0.3) is 0 Å². The van der Waals surface area contributed by atoms with Crippen LogP contribution in [-0.4, -0.2) is 34.9 Å². The average Bonchev–Trinajstić information content (AvgIpc) is 3.02. The number of hydrogen-bond acceptors (Lipinski definition) is 3. The Morgan fingerprint density at radius 1 is 0.935 bits per heavy atom. The zero-order chi connectivity index (χ0) is 21.4. The number of rotatable bonds is 3. The molecular weight excluding hydrogens is 406 g/mol. The Kier molecular flexibility index (Phi) is 5.76. The third-order valence-corrected chi connectivity index (χ3v) is 8.21. The molecule has 2 N–H and O–H groups in total. The van der Waals surface area contributed by atoms with Crippen molar-refractivity contribution in [1.82, 2.24) is 10.2 Å². The maximum absolute atomic E-state index is 13.2. The molecule has 4 bridgehead atoms. The van der Waals surface area contributed by atoms with E-state index in [1.807, 2.05) is 29.2 Å². The van der Waals surface area contributed by atoms with E-state index in [9.17, 15) is 9.59 Å². The molecule has 0 radical (unpaired) electrons. The van der Waals surface area contributed by atoms with Gasteiger partial charge >= 0.3 is 0 Å². The molecule has 4 aliphatic carbocycles. The summed E-state index contributed by atoms with van der Waals surface area (Å²) in [5, 5.41) is 6.47. The standard InChI is InChI=1S/C25H33N3O2S/c29-22(28-8-3-1-2-4-9-28)20-6-5-7-21(13-20)26-24(31)27-23(30)25-14-17-10-18(15-25)12-19(11-17)16-25/h5-7,13,17-19H,1-4,8-12,14-16H2,(H2,26,27,30,31). The minimum Gasteiger partial charge on any atom is -0.339 e. The molecule has 0 spiro atoms. The first-order valence-corrected chi connectivity index (χ1v) is 12.4. The highest BCUT2D eigenvalue weighted by Gasteiger charge is 2.54. The summed E-state index contributed by atoms with van der Waals surface area (Å²) in [7, 11) is 0. The quantitative estimate of drug-likeness (QED) is 0.669. The second kappa shape index (κ2) is 8.53. The van der Waals surface area contributed by atoms with E-state index in [0.29, 0.717) is 10.7 Å². The molecule has 4 saturated carbocycles. The van der Waals surface area contributed by atoms with Crippen LogP contribution in [0, 0.1) is 23.2 Å². The predicted octanol–water partition coefficient (Wildman–Crippen LogP) is 4.73. The van der Waals surface area contributed by atoms with E-state index in [1.165, 1.54) is 32.1 Å². The van der Waals surface area contributed by atoms with E-state index in [2.05, 4.69) is 10.6 Å². The Morgan fingerprint density at radius 2 is 1.55 bits per heavy atom. The number of nitrogens with one attached hydrogen (secondary N) is 2. The summed E-state index contributed by atoms with van der Waals surface area (Å²) < 4.78 is 0. The summed E-state index contributed by atoms with van der Waals surface area (Å²) in [5.74, 6) is 2.34. The van der Waals surface area contributed by atoms with E-state index in [1.54, 1.807) is 0 Å². The van der Waals surface area contributed by atoms with E-state index < -0.39 is 0 Å². The van der Waals surface area contributed by atoms with Crippen LogP contribution in [0.5, 0.6) is 0 Å². The second-order valence-electron chi connectivity index (χ2n) is 10.4. The largest absolute Gasteiger partial charge is 0.339 e. The Morgan fingerprint density at radius 3 is 2.16 bits per heavy atom. The summed E-state index contributed by atoms with van der Waals surface area (Å²) in [6, 6.07) is 7.46. The molecular formula is C25H33N3O2S. The molecule has 1 aromatic rings.